The zero-order chi connectivity index (χ0) is 24.4. The third kappa shape index (κ3) is 5.04. The fourth-order valence-electron chi connectivity index (χ4n) is 6.01. The fraction of sp³-hybridized carbons (Fsp3) is 0.464. The van der Waals surface area contributed by atoms with Crippen LogP contribution in [0.3, 0.4) is 0 Å². The molecule has 2 atom stereocenters. The molecule has 7 nitrogen and oxygen atoms in total. The Labute approximate surface area is 205 Å². The predicted molar refractivity (Wildman–Crippen MR) is 131 cm³/mol. The minimum Gasteiger partial charge on any atom is -0.481 e. The second-order valence-corrected chi connectivity index (χ2v) is 10.1. The highest BCUT2D eigenvalue weighted by Crippen LogP contribution is 2.44. The van der Waals surface area contributed by atoms with Crippen LogP contribution in [0.2, 0.25) is 0 Å². The minimum atomic E-state index is -0.761. The molecule has 0 bridgehead atoms. The molecule has 0 heterocycles. The summed E-state index contributed by atoms with van der Waals surface area (Å²) in [6.45, 7) is 0.723. The van der Waals surface area contributed by atoms with Gasteiger partial charge in [-0.1, -0.05) is 55.0 Å². The number of benzene rings is 2. The van der Waals surface area contributed by atoms with Crippen molar-refractivity contribution in [2.75, 3.05) is 13.2 Å². The van der Waals surface area contributed by atoms with Crippen LogP contribution in [0.15, 0.2) is 48.5 Å². The van der Waals surface area contributed by atoms with Crippen molar-refractivity contribution in [2.45, 2.75) is 50.5 Å². The Bertz CT molecular complexity index is 1060. The Balaban J connectivity index is 1.03. The molecule has 2 amide bonds. The lowest BCUT2D eigenvalue weighted by atomic mass is 9.78. The molecule has 0 aliphatic heterocycles. The second kappa shape index (κ2) is 10.1. The van der Waals surface area contributed by atoms with Gasteiger partial charge < -0.3 is 20.5 Å². The van der Waals surface area contributed by atoms with Gasteiger partial charge in [-0.25, -0.2) is 4.79 Å². The summed E-state index contributed by atoms with van der Waals surface area (Å²) in [5.74, 6) is -0.849. The summed E-state index contributed by atoms with van der Waals surface area (Å²) < 4.78 is 5.61. The van der Waals surface area contributed by atoms with Gasteiger partial charge in [0, 0.05) is 24.9 Å². The number of alkyl carbamates (subject to hydrolysis) is 1. The van der Waals surface area contributed by atoms with E-state index in [0.717, 1.165) is 25.7 Å². The molecule has 0 unspecified atom stereocenters. The molecule has 35 heavy (non-hydrogen) atoms. The number of rotatable bonds is 8. The molecule has 2 aromatic carbocycles. The van der Waals surface area contributed by atoms with Crippen LogP contribution >= 0.6 is 0 Å². The Hall–Kier alpha value is -3.35. The van der Waals surface area contributed by atoms with Crippen LogP contribution < -0.4 is 10.6 Å². The van der Waals surface area contributed by atoms with Crippen molar-refractivity contribution in [1.29, 1.82) is 0 Å². The van der Waals surface area contributed by atoms with E-state index in [-0.39, 0.29) is 42.2 Å². The average molecular weight is 477 g/mol. The van der Waals surface area contributed by atoms with Crippen LogP contribution in [0.1, 0.15) is 55.6 Å². The fourth-order valence-corrected chi connectivity index (χ4v) is 6.01. The van der Waals surface area contributed by atoms with Gasteiger partial charge in [-0.2, -0.15) is 0 Å². The highest BCUT2D eigenvalue weighted by atomic mass is 16.5. The van der Waals surface area contributed by atoms with E-state index in [1.165, 1.54) is 22.3 Å². The van der Waals surface area contributed by atoms with E-state index in [1.807, 2.05) is 24.3 Å². The van der Waals surface area contributed by atoms with Gasteiger partial charge in [0.2, 0.25) is 5.91 Å². The topological polar surface area (TPSA) is 105 Å². The summed E-state index contributed by atoms with van der Waals surface area (Å²) in [5, 5.41) is 15.1. The number of hydrogen-bond donors (Lipinski definition) is 3. The number of fused-ring (bicyclic) bond motifs is 3. The smallest absolute Gasteiger partial charge is 0.407 e. The standard InChI is InChI=1S/C28H32N2O5/c31-26(29-15-18-6-5-11-20(18)27(32)33)14-17-12-19(13-17)30-28(34)35-16-25-23-9-3-1-7-21(23)22-8-2-4-10-24(22)25/h1-4,7-10,17-20,25H,5-6,11-16H2,(H,29,31)(H,30,34)(H,32,33)/t17?,18-,19?,20-/m1/s1. The van der Waals surface area contributed by atoms with E-state index >= 15 is 0 Å². The molecule has 2 fully saturated rings. The zero-order valence-electron chi connectivity index (χ0n) is 19.7. The number of nitrogens with one attached hydrogen (secondary N) is 2. The molecule has 2 saturated carbocycles. The zero-order valence-corrected chi connectivity index (χ0v) is 19.7. The quantitative estimate of drug-likeness (QED) is 0.527. The van der Waals surface area contributed by atoms with Crippen LogP contribution in [0, 0.1) is 17.8 Å². The van der Waals surface area contributed by atoms with Gasteiger partial charge in [-0.15, -0.1) is 0 Å². The number of aliphatic carboxylic acids is 1. The number of carbonyl (C=O) groups excluding carboxylic acids is 2. The van der Waals surface area contributed by atoms with E-state index in [0.29, 0.717) is 19.4 Å². The molecule has 0 spiro atoms. The maximum absolute atomic E-state index is 12.4. The van der Waals surface area contributed by atoms with Crippen LogP contribution in [0.5, 0.6) is 0 Å². The van der Waals surface area contributed by atoms with Crippen molar-refractivity contribution in [2.24, 2.45) is 17.8 Å². The van der Waals surface area contributed by atoms with E-state index in [9.17, 15) is 19.5 Å². The number of amides is 2. The largest absolute Gasteiger partial charge is 0.481 e. The van der Waals surface area contributed by atoms with Crippen molar-refractivity contribution in [3.05, 3.63) is 59.7 Å². The molecular formula is C28H32N2O5. The Morgan fingerprint density at radius 1 is 0.943 bits per heavy atom. The highest BCUT2D eigenvalue weighted by molar-refractivity contribution is 5.79. The molecule has 184 valence electrons. The normalized spacial score (nSPS) is 24.7. The second-order valence-electron chi connectivity index (χ2n) is 10.1. The lowest BCUT2D eigenvalue weighted by Crippen LogP contribution is -2.46. The van der Waals surface area contributed by atoms with Gasteiger partial charge in [0.15, 0.2) is 0 Å². The summed E-state index contributed by atoms with van der Waals surface area (Å²) in [6, 6.07) is 16.5. The number of carboxylic acid groups (broad SMARTS) is 1. The van der Waals surface area contributed by atoms with Crippen LogP contribution in [-0.4, -0.2) is 42.3 Å². The number of ether oxygens (including phenoxy) is 1. The first kappa shape index (κ1) is 23.4. The van der Waals surface area contributed by atoms with Gasteiger partial charge in [-0.3, -0.25) is 9.59 Å². The number of carbonyl (C=O) groups is 3. The molecule has 0 radical (unpaired) electrons. The van der Waals surface area contributed by atoms with Crippen molar-refractivity contribution < 1.29 is 24.2 Å². The first-order valence-electron chi connectivity index (χ1n) is 12.6. The maximum atomic E-state index is 12.4. The van der Waals surface area contributed by atoms with Gasteiger partial charge in [0.1, 0.15) is 6.61 Å². The Morgan fingerprint density at radius 2 is 1.60 bits per heavy atom. The third-order valence-electron chi connectivity index (χ3n) is 7.91. The van der Waals surface area contributed by atoms with E-state index in [4.69, 9.17) is 4.74 Å². The first-order valence-corrected chi connectivity index (χ1v) is 12.6. The predicted octanol–water partition coefficient (Wildman–Crippen LogP) is 4.31. The molecular weight excluding hydrogens is 444 g/mol. The van der Waals surface area contributed by atoms with Crippen molar-refractivity contribution >= 4 is 18.0 Å². The summed E-state index contributed by atoms with van der Waals surface area (Å²) in [6.07, 6.45) is 3.95. The van der Waals surface area contributed by atoms with Gasteiger partial charge >= 0.3 is 12.1 Å². The molecule has 0 saturated heterocycles. The van der Waals surface area contributed by atoms with E-state index in [1.54, 1.807) is 0 Å². The summed E-state index contributed by atoms with van der Waals surface area (Å²) in [5.41, 5.74) is 4.76. The summed E-state index contributed by atoms with van der Waals surface area (Å²) in [4.78, 5) is 36.0. The van der Waals surface area contributed by atoms with Gasteiger partial charge in [-0.05, 0) is 59.8 Å². The number of hydrogen-bond acceptors (Lipinski definition) is 4. The molecule has 3 aliphatic carbocycles. The summed E-state index contributed by atoms with van der Waals surface area (Å²) >= 11 is 0. The molecule has 7 heteroatoms. The minimum absolute atomic E-state index is 0.0228. The number of carboxylic acids is 1. The average Bonchev–Trinajstić information content (AvgIpc) is 3.43. The third-order valence-corrected chi connectivity index (χ3v) is 7.91. The monoisotopic (exact) mass is 476 g/mol. The van der Waals surface area contributed by atoms with E-state index in [2.05, 4.69) is 34.9 Å². The Kier molecular flexibility index (Phi) is 6.75. The highest BCUT2D eigenvalue weighted by Gasteiger charge is 2.35. The van der Waals surface area contributed by atoms with Crippen molar-refractivity contribution in [3.8, 4) is 11.1 Å². The van der Waals surface area contributed by atoms with Crippen molar-refractivity contribution in [3.63, 3.8) is 0 Å². The lowest BCUT2D eigenvalue weighted by molar-refractivity contribution is -0.143. The van der Waals surface area contributed by atoms with Crippen LogP contribution in [0.25, 0.3) is 11.1 Å². The first-order chi connectivity index (χ1) is 17.0. The molecule has 2 aromatic rings. The Morgan fingerprint density at radius 3 is 2.26 bits per heavy atom. The van der Waals surface area contributed by atoms with Crippen molar-refractivity contribution in [1.82, 2.24) is 10.6 Å². The van der Waals surface area contributed by atoms with Crippen LogP contribution in [0.4, 0.5) is 4.79 Å². The maximum Gasteiger partial charge on any atom is 0.407 e. The molecule has 3 N–H and O–H groups in total. The molecule has 3 aliphatic rings. The lowest BCUT2D eigenvalue weighted by Gasteiger charge is -2.35. The molecule has 0 aromatic heterocycles. The van der Waals surface area contributed by atoms with E-state index < -0.39 is 12.1 Å². The van der Waals surface area contributed by atoms with Gasteiger partial charge in [0.25, 0.3) is 0 Å². The van der Waals surface area contributed by atoms with Crippen LogP contribution in [-0.2, 0) is 14.3 Å². The van der Waals surface area contributed by atoms with Gasteiger partial charge in [0.05, 0.1) is 5.92 Å². The molecule has 5 rings (SSSR count). The summed E-state index contributed by atoms with van der Waals surface area (Å²) in [7, 11) is 0. The SMILES string of the molecule is O=C(CC1CC(NC(=O)OCC2c3ccccc3-c3ccccc32)C1)NC[C@H]1CCC[C@H]1C(=O)O.